The third kappa shape index (κ3) is 4.32. The summed E-state index contributed by atoms with van der Waals surface area (Å²) in [5.74, 6) is -1.28. The minimum Gasteiger partial charge on any atom is -0.363 e. The number of nitrogens with one attached hydrogen (secondary N) is 1. The number of rotatable bonds is 6. The Morgan fingerprint density at radius 2 is 1.74 bits per heavy atom. The summed E-state index contributed by atoms with van der Waals surface area (Å²) in [5.41, 5.74) is 1.07. The predicted octanol–water partition coefficient (Wildman–Crippen LogP) is 6.04. The maximum absolute atomic E-state index is 16.3. The Labute approximate surface area is 221 Å². The van der Waals surface area contributed by atoms with Gasteiger partial charge in [0.15, 0.2) is 5.82 Å². The van der Waals surface area contributed by atoms with E-state index >= 15 is 8.78 Å². The number of fused-ring (bicyclic) bond motifs is 1. The molecule has 0 aliphatic carbocycles. The molecule has 194 valence electrons. The smallest absolute Gasteiger partial charge is 0.263 e. The van der Waals surface area contributed by atoms with E-state index in [1.807, 2.05) is 0 Å². The summed E-state index contributed by atoms with van der Waals surface area (Å²) in [6, 6.07) is 18.7. The Bertz CT molecular complexity index is 1940. The number of halogens is 2. The SMILES string of the molecule is Cn1nccc1-c1c(F)c(-c2ccccc2)cc(F)c1-c1nccc2cc(S(=O)(=O)Nc3ccon3)ccc12. The van der Waals surface area contributed by atoms with Crippen molar-refractivity contribution >= 4 is 26.6 Å². The van der Waals surface area contributed by atoms with Crippen molar-refractivity contribution in [2.45, 2.75) is 4.90 Å². The van der Waals surface area contributed by atoms with Crippen molar-refractivity contribution in [3.8, 4) is 33.6 Å². The molecule has 0 fully saturated rings. The summed E-state index contributed by atoms with van der Waals surface area (Å²) in [4.78, 5) is 4.36. The first-order chi connectivity index (χ1) is 18.8. The second kappa shape index (κ2) is 9.44. The molecule has 8 nitrogen and oxygen atoms in total. The molecule has 0 radical (unpaired) electrons. The monoisotopic (exact) mass is 543 g/mol. The molecule has 6 aromatic rings. The van der Waals surface area contributed by atoms with Crippen molar-refractivity contribution in [2.24, 2.45) is 7.05 Å². The molecular weight excluding hydrogens is 524 g/mol. The highest BCUT2D eigenvalue weighted by molar-refractivity contribution is 7.92. The summed E-state index contributed by atoms with van der Waals surface area (Å²) in [7, 11) is -2.35. The van der Waals surface area contributed by atoms with Gasteiger partial charge < -0.3 is 4.52 Å². The summed E-state index contributed by atoms with van der Waals surface area (Å²) in [5, 5.41) is 8.63. The minimum atomic E-state index is -3.99. The van der Waals surface area contributed by atoms with Gasteiger partial charge in [0.1, 0.15) is 17.9 Å². The van der Waals surface area contributed by atoms with Crippen molar-refractivity contribution in [1.82, 2.24) is 19.9 Å². The molecule has 3 aromatic heterocycles. The van der Waals surface area contributed by atoms with Gasteiger partial charge in [-0.3, -0.25) is 14.4 Å². The maximum atomic E-state index is 16.3. The molecule has 39 heavy (non-hydrogen) atoms. The van der Waals surface area contributed by atoms with Crippen LogP contribution in [0.25, 0.3) is 44.4 Å². The van der Waals surface area contributed by atoms with Gasteiger partial charge in [-0.25, -0.2) is 17.2 Å². The van der Waals surface area contributed by atoms with Crippen molar-refractivity contribution in [3.63, 3.8) is 0 Å². The van der Waals surface area contributed by atoms with Gasteiger partial charge in [-0.15, -0.1) is 0 Å². The first-order valence-corrected chi connectivity index (χ1v) is 13.2. The molecule has 1 N–H and O–H groups in total. The number of aromatic nitrogens is 4. The van der Waals surface area contributed by atoms with Crippen LogP contribution in [0.15, 0.2) is 101 Å². The van der Waals surface area contributed by atoms with Gasteiger partial charge in [-0.1, -0.05) is 41.6 Å². The molecule has 6 rings (SSSR count). The van der Waals surface area contributed by atoms with E-state index in [1.165, 1.54) is 47.6 Å². The van der Waals surface area contributed by atoms with Crippen molar-refractivity contribution in [3.05, 3.63) is 103 Å². The number of nitrogens with zero attached hydrogens (tertiary/aromatic N) is 4. The second-order valence-electron chi connectivity index (χ2n) is 8.71. The Balaban J connectivity index is 1.57. The zero-order valence-electron chi connectivity index (χ0n) is 20.3. The Morgan fingerprint density at radius 1 is 0.923 bits per heavy atom. The fourth-order valence-electron chi connectivity index (χ4n) is 4.53. The fraction of sp³-hybridized carbons (Fsp3) is 0.0357. The normalized spacial score (nSPS) is 11.7. The van der Waals surface area contributed by atoms with Crippen LogP contribution in [-0.4, -0.2) is 28.3 Å². The van der Waals surface area contributed by atoms with Crippen LogP contribution in [0.1, 0.15) is 0 Å². The molecule has 0 saturated heterocycles. The van der Waals surface area contributed by atoms with E-state index < -0.39 is 21.7 Å². The van der Waals surface area contributed by atoms with E-state index in [0.717, 1.165) is 6.07 Å². The first kappa shape index (κ1) is 24.4. The van der Waals surface area contributed by atoms with Crippen molar-refractivity contribution < 1.29 is 21.7 Å². The molecule has 0 bridgehead atoms. The lowest BCUT2D eigenvalue weighted by Gasteiger charge is -2.17. The van der Waals surface area contributed by atoms with Crippen LogP contribution in [0, 0.1) is 11.6 Å². The van der Waals surface area contributed by atoms with E-state index in [9.17, 15) is 8.42 Å². The van der Waals surface area contributed by atoms with Crippen LogP contribution in [0.4, 0.5) is 14.6 Å². The number of hydrogen-bond acceptors (Lipinski definition) is 6. The Kier molecular flexibility index (Phi) is 5.92. The van der Waals surface area contributed by atoms with E-state index in [0.29, 0.717) is 22.0 Å². The van der Waals surface area contributed by atoms with Gasteiger partial charge in [-0.05, 0) is 41.3 Å². The average Bonchev–Trinajstić information content (AvgIpc) is 3.60. The van der Waals surface area contributed by atoms with Gasteiger partial charge in [-0.2, -0.15) is 5.10 Å². The molecule has 0 unspecified atom stereocenters. The maximum Gasteiger partial charge on any atom is 0.263 e. The summed E-state index contributed by atoms with van der Waals surface area (Å²) < 4.78 is 66.6. The molecule has 0 aliphatic heterocycles. The second-order valence-corrected chi connectivity index (χ2v) is 10.4. The molecule has 0 spiro atoms. The molecule has 0 atom stereocenters. The van der Waals surface area contributed by atoms with Gasteiger partial charge in [0.2, 0.25) is 0 Å². The quantitative estimate of drug-likeness (QED) is 0.275. The molecule has 3 heterocycles. The lowest BCUT2D eigenvalue weighted by atomic mass is 9.92. The topological polar surface area (TPSA) is 103 Å². The van der Waals surface area contributed by atoms with E-state index in [-0.39, 0.29) is 33.1 Å². The zero-order chi connectivity index (χ0) is 27.1. The van der Waals surface area contributed by atoms with Gasteiger partial charge >= 0.3 is 0 Å². The van der Waals surface area contributed by atoms with Crippen LogP contribution in [-0.2, 0) is 17.1 Å². The third-order valence-electron chi connectivity index (χ3n) is 6.34. The largest absolute Gasteiger partial charge is 0.363 e. The summed E-state index contributed by atoms with van der Waals surface area (Å²) in [6.45, 7) is 0. The molecule has 0 aliphatic rings. The van der Waals surface area contributed by atoms with Crippen molar-refractivity contribution in [2.75, 3.05) is 4.72 Å². The molecule has 3 aromatic carbocycles. The van der Waals surface area contributed by atoms with E-state index in [1.54, 1.807) is 49.5 Å². The van der Waals surface area contributed by atoms with Crippen LogP contribution < -0.4 is 4.72 Å². The van der Waals surface area contributed by atoms with Crippen molar-refractivity contribution in [1.29, 1.82) is 0 Å². The third-order valence-corrected chi connectivity index (χ3v) is 7.69. The molecule has 0 amide bonds. The van der Waals surface area contributed by atoms with E-state index in [2.05, 4.69) is 24.5 Å². The number of anilines is 1. The standard InChI is InChI=1S/C28H19F2N5O3S/c1-35-23(10-13-32-35)26-25(22(29)16-21(27(26)30)17-5-3-2-4-6-17)28-20-8-7-19(15-18(20)9-12-31-28)39(36,37)34-24-11-14-38-33-24/h2-16H,1H3,(H,33,34). The number of sulfonamides is 1. The lowest BCUT2D eigenvalue weighted by molar-refractivity contribution is 0.423. The van der Waals surface area contributed by atoms with Gasteiger partial charge in [0.05, 0.1) is 16.3 Å². The highest BCUT2D eigenvalue weighted by Gasteiger charge is 2.26. The summed E-state index contributed by atoms with van der Waals surface area (Å²) in [6.07, 6.45) is 4.17. The molecular formula is C28H19F2N5O3S. The number of hydrogen-bond donors (Lipinski definition) is 1. The molecule has 11 heteroatoms. The average molecular weight is 544 g/mol. The van der Waals surface area contributed by atoms with E-state index in [4.69, 9.17) is 0 Å². The fourth-order valence-corrected chi connectivity index (χ4v) is 5.56. The Hall–Kier alpha value is -4.90. The number of benzene rings is 3. The summed E-state index contributed by atoms with van der Waals surface area (Å²) >= 11 is 0. The predicted molar refractivity (Wildman–Crippen MR) is 142 cm³/mol. The minimum absolute atomic E-state index is 0.00162. The van der Waals surface area contributed by atoms with Crippen LogP contribution in [0.5, 0.6) is 0 Å². The Morgan fingerprint density at radius 3 is 2.46 bits per heavy atom. The zero-order valence-corrected chi connectivity index (χ0v) is 21.2. The highest BCUT2D eigenvalue weighted by Crippen LogP contribution is 2.42. The van der Waals surface area contributed by atoms with Gasteiger partial charge in [0, 0.05) is 47.6 Å². The van der Waals surface area contributed by atoms with Crippen LogP contribution in [0.3, 0.4) is 0 Å². The van der Waals surface area contributed by atoms with Crippen LogP contribution >= 0.6 is 0 Å². The lowest BCUT2D eigenvalue weighted by Crippen LogP contribution is -2.13. The van der Waals surface area contributed by atoms with Crippen LogP contribution in [0.2, 0.25) is 0 Å². The first-order valence-electron chi connectivity index (χ1n) is 11.7. The number of pyridine rings is 1. The molecule has 0 saturated carbocycles. The van der Waals surface area contributed by atoms with Gasteiger partial charge in [0.25, 0.3) is 10.0 Å². The highest BCUT2D eigenvalue weighted by atomic mass is 32.2. The number of aryl methyl sites for hydroxylation is 1.